The molecule has 0 aliphatic carbocycles. The van der Waals surface area contributed by atoms with Crippen molar-refractivity contribution in [1.82, 2.24) is 15.1 Å². The van der Waals surface area contributed by atoms with Gasteiger partial charge >= 0.3 is 6.18 Å². The maximum absolute atomic E-state index is 12.5. The highest BCUT2D eigenvalue weighted by atomic mass is 19.4. The van der Waals surface area contributed by atoms with Gasteiger partial charge in [-0.3, -0.25) is 9.89 Å². The highest BCUT2D eigenvalue weighted by Crippen LogP contribution is 2.27. The van der Waals surface area contributed by atoms with Gasteiger partial charge in [-0.15, -0.1) is 0 Å². The van der Waals surface area contributed by atoms with E-state index in [1.807, 2.05) is 12.1 Å². The predicted octanol–water partition coefficient (Wildman–Crippen LogP) is 1.73. The van der Waals surface area contributed by atoms with Crippen LogP contribution in [0.5, 0.6) is 5.75 Å². The van der Waals surface area contributed by atoms with Crippen molar-refractivity contribution >= 4 is 11.6 Å². The molecule has 0 amide bonds. The largest absolute Gasteiger partial charge is 0.506 e. The number of aromatic hydroxyl groups is 1. The molecule has 2 heterocycles. The highest BCUT2D eigenvalue weighted by molar-refractivity contribution is 5.80. The number of benzene rings is 1. The molecule has 6 nitrogen and oxygen atoms in total. The smallest absolute Gasteiger partial charge is 0.401 e. The molecule has 9 heteroatoms. The van der Waals surface area contributed by atoms with Crippen molar-refractivity contribution in [3.63, 3.8) is 0 Å². The first-order valence-electron chi connectivity index (χ1n) is 9.16. The van der Waals surface area contributed by atoms with Crippen LogP contribution in [0.25, 0.3) is 0 Å². The van der Waals surface area contributed by atoms with E-state index in [0.29, 0.717) is 19.5 Å². The minimum atomic E-state index is -4.16. The third-order valence-electron chi connectivity index (χ3n) is 5.02. The number of alkyl halides is 3. The molecule has 2 fully saturated rings. The number of nitrogens with zero attached hydrogens (tertiary/aromatic N) is 4. The van der Waals surface area contributed by atoms with Gasteiger partial charge < -0.3 is 20.2 Å². The van der Waals surface area contributed by atoms with E-state index in [1.165, 1.54) is 4.90 Å². The van der Waals surface area contributed by atoms with E-state index in [2.05, 4.69) is 20.1 Å². The Bertz CT molecular complexity index is 659. The van der Waals surface area contributed by atoms with Crippen LogP contribution in [0.15, 0.2) is 29.3 Å². The molecular formula is C18H26F3N5O. The van der Waals surface area contributed by atoms with Crippen molar-refractivity contribution in [3.8, 4) is 5.75 Å². The number of aliphatic imine (C=N–C) groups is 1. The molecule has 2 aliphatic rings. The molecule has 0 saturated carbocycles. The number of nitrogens with one attached hydrogen (secondary N) is 1. The Morgan fingerprint density at radius 3 is 2.52 bits per heavy atom. The lowest BCUT2D eigenvalue weighted by molar-refractivity contribution is -0.143. The number of guanidine groups is 1. The maximum Gasteiger partial charge on any atom is 0.401 e. The minimum absolute atomic E-state index is 0.0257. The van der Waals surface area contributed by atoms with Gasteiger partial charge in [0.25, 0.3) is 0 Å². The van der Waals surface area contributed by atoms with E-state index in [9.17, 15) is 18.3 Å². The average Bonchev–Trinajstić information content (AvgIpc) is 3.05. The van der Waals surface area contributed by atoms with Gasteiger partial charge in [-0.05, 0) is 18.6 Å². The summed E-state index contributed by atoms with van der Waals surface area (Å²) in [4.78, 5) is 9.98. The summed E-state index contributed by atoms with van der Waals surface area (Å²) in [6.07, 6.45) is -3.48. The van der Waals surface area contributed by atoms with Crippen LogP contribution in [-0.2, 0) is 0 Å². The lowest BCUT2D eigenvalue weighted by atomic mass is 10.2. The van der Waals surface area contributed by atoms with Gasteiger partial charge in [0.1, 0.15) is 5.75 Å². The second kappa shape index (κ2) is 8.24. The van der Waals surface area contributed by atoms with E-state index >= 15 is 0 Å². The SMILES string of the molecule is CN=C(NC1CCN(CC(F)(F)F)C1)N1CCN(c2ccccc2O)CC1. The van der Waals surface area contributed by atoms with Crippen LogP contribution in [0.3, 0.4) is 0 Å². The van der Waals surface area contributed by atoms with Crippen molar-refractivity contribution in [2.24, 2.45) is 4.99 Å². The molecule has 0 aromatic heterocycles. The third-order valence-corrected chi connectivity index (χ3v) is 5.02. The van der Waals surface area contributed by atoms with E-state index in [1.54, 1.807) is 19.2 Å². The summed E-state index contributed by atoms with van der Waals surface area (Å²) in [7, 11) is 1.69. The van der Waals surface area contributed by atoms with Gasteiger partial charge in [-0.2, -0.15) is 13.2 Å². The number of halogens is 3. The summed E-state index contributed by atoms with van der Waals surface area (Å²) in [5.74, 6) is 0.995. The maximum atomic E-state index is 12.5. The highest BCUT2D eigenvalue weighted by Gasteiger charge is 2.35. The first kappa shape index (κ1) is 19.6. The fourth-order valence-electron chi connectivity index (χ4n) is 3.72. The molecule has 0 bridgehead atoms. The predicted molar refractivity (Wildman–Crippen MR) is 99.3 cm³/mol. The molecule has 2 aliphatic heterocycles. The topological polar surface area (TPSA) is 54.3 Å². The summed E-state index contributed by atoms with van der Waals surface area (Å²) < 4.78 is 37.6. The second-order valence-corrected chi connectivity index (χ2v) is 6.99. The van der Waals surface area contributed by atoms with Crippen molar-refractivity contribution in [1.29, 1.82) is 0 Å². The Hall–Kier alpha value is -2.16. The number of anilines is 1. The minimum Gasteiger partial charge on any atom is -0.506 e. The molecule has 150 valence electrons. The van der Waals surface area contributed by atoms with E-state index < -0.39 is 12.7 Å². The number of para-hydroxylation sites is 2. The molecule has 0 radical (unpaired) electrons. The molecule has 0 spiro atoms. The van der Waals surface area contributed by atoms with Crippen LogP contribution in [0, 0.1) is 0 Å². The van der Waals surface area contributed by atoms with Crippen molar-refractivity contribution in [3.05, 3.63) is 24.3 Å². The summed E-state index contributed by atoms with van der Waals surface area (Å²) in [5, 5.41) is 13.3. The molecule has 3 rings (SSSR count). The molecule has 2 saturated heterocycles. The fourth-order valence-corrected chi connectivity index (χ4v) is 3.72. The van der Waals surface area contributed by atoms with Gasteiger partial charge in [0, 0.05) is 52.4 Å². The zero-order valence-corrected chi connectivity index (χ0v) is 15.4. The van der Waals surface area contributed by atoms with Crippen LogP contribution in [-0.4, -0.2) is 85.9 Å². The van der Waals surface area contributed by atoms with Gasteiger partial charge in [-0.25, -0.2) is 0 Å². The Balaban J connectivity index is 1.51. The number of hydrogen-bond donors (Lipinski definition) is 2. The lowest BCUT2D eigenvalue weighted by Crippen LogP contribution is -2.54. The zero-order valence-electron chi connectivity index (χ0n) is 15.4. The molecule has 1 atom stereocenters. The summed E-state index contributed by atoms with van der Waals surface area (Å²) in [5.41, 5.74) is 0.818. The molecule has 1 aromatic carbocycles. The van der Waals surface area contributed by atoms with Gasteiger partial charge in [0.2, 0.25) is 0 Å². The Kier molecular flexibility index (Phi) is 5.98. The summed E-state index contributed by atoms with van der Waals surface area (Å²) in [6.45, 7) is 2.89. The standard InChI is InChI=1S/C18H26F3N5O/c1-22-17(23-14-6-7-24(12-14)13-18(19,20)21)26-10-8-25(9-11-26)15-4-2-3-5-16(15)27/h2-5,14,27H,6-13H2,1H3,(H,22,23). The monoisotopic (exact) mass is 385 g/mol. The number of hydrogen-bond acceptors (Lipinski definition) is 4. The first-order valence-corrected chi connectivity index (χ1v) is 9.16. The third kappa shape index (κ3) is 5.18. The van der Waals surface area contributed by atoms with Crippen LogP contribution in [0.4, 0.5) is 18.9 Å². The second-order valence-electron chi connectivity index (χ2n) is 6.99. The average molecular weight is 385 g/mol. The number of piperazine rings is 1. The van der Waals surface area contributed by atoms with Gasteiger partial charge in [0.15, 0.2) is 5.96 Å². The number of likely N-dealkylation sites (tertiary alicyclic amines) is 1. The summed E-state index contributed by atoms with van der Waals surface area (Å²) in [6, 6.07) is 7.24. The van der Waals surface area contributed by atoms with E-state index in [-0.39, 0.29) is 11.8 Å². The molecule has 27 heavy (non-hydrogen) atoms. The number of phenols is 1. The van der Waals surface area contributed by atoms with Crippen molar-refractivity contribution < 1.29 is 18.3 Å². The van der Waals surface area contributed by atoms with Gasteiger partial charge in [-0.1, -0.05) is 12.1 Å². The van der Waals surface area contributed by atoms with Gasteiger partial charge in [0.05, 0.1) is 12.2 Å². The summed E-state index contributed by atoms with van der Waals surface area (Å²) >= 11 is 0. The quantitative estimate of drug-likeness (QED) is 0.613. The van der Waals surface area contributed by atoms with Crippen LogP contribution in [0.1, 0.15) is 6.42 Å². The fraction of sp³-hybridized carbons (Fsp3) is 0.611. The van der Waals surface area contributed by atoms with Crippen LogP contribution < -0.4 is 10.2 Å². The van der Waals surface area contributed by atoms with Crippen molar-refractivity contribution in [2.75, 3.05) is 57.8 Å². The Morgan fingerprint density at radius 2 is 1.89 bits per heavy atom. The molecule has 2 N–H and O–H groups in total. The van der Waals surface area contributed by atoms with E-state index in [4.69, 9.17) is 0 Å². The van der Waals surface area contributed by atoms with Crippen molar-refractivity contribution in [2.45, 2.75) is 18.6 Å². The first-order chi connectivity index (χ1) is 12.9. The van der Waals surface area contributed by atoms with Crippen LogP contribution in [0.2, 0.25) is 0 Å². The van der Waals surface area contributed by atoms with E-state index in [0.717, 1.165) is 37.8 Å². The molecular weight excluding hydrogens is 359 g/mol. The lowest BCUT2D eigenvalue weighted by Gasteiger charge is -2.38. The molecule has 1 unspecified atom stereocenters. The molecule has 1 aromatic rings. The normalized spacial score (nSPS) is 22.4. The Labute approximate surface area is 157 Å². The number of phenolic OH excluding ortho intramolecular Hbond substituents is 1. The number of rotatable bonds is 3. The van der Waals surface area contributed by atoms with Crippen LogP contribution >= 0.6 is 0 Å². The Morgan fingerprint density at radius 1 is 1.19 bits per heavy atom. The zero-order chi connectivity index (χ0) is 19.4.